The van der Waals surface area contributed by atoms with Gasteiger partial charge in [0.1, 0.15) is 0 Å². The molecule has 4 heteroatoms. The third-order valence-corrected chi connectivity index (χ3v) is 2.45. The highest BCUT2D eigenvalue weighted by Crippen LogP contribution is 2.05. The number of rotatable bonds is 4. The van der Waals surface area contributed by atoms with Crippen molar-refractivity contribution in [1.29, 1.82) is 0 Å². The van der Waals surface area contributed by atoms with Crippen LogP contribution in [0.4, 0.5) is 0 Å². The minimum absolute atomic E-state index is 0.0160. The summed E-state index contributed by atoms with van der Waals surface area (Å²) in [6.45, 7) is 2.58. The van der Waals surface area contributed by atoms with Gasteiger partial charge in [0, 0.05) is 6.20 Å². The lowest BCUT2D eigenvalue weighted by Gasteiger charge is -2.06. The average Bonchev–Trinajstić information content (AvgIpc) is 2.26. The molecule has 0 aliphatic carbocycles. The summed E-state index contributed by atoms with van der Waals surface area (Å²) in [5.41, 5.74) is 2.13. The van der Waals surface area contributed by atoms with Gasteiger partial charge in [0.25, 0.3) is 0 Å². The van der Waals surface area contributed by atoms with E-state index < -0.39 is 0 Å². The summed E-state index contributed by atoms with van der Waals surface area (Å²) in [6.07, 6.45) is 2.68. The van der Waals surface area contributed by atoms with Crippen molar-refractivity contribution in [3.8, 4) is 0 Å². The fourth-order valence-corrected chi connectivity index (χ4v) is 1.38. The quantitative estimate of drug-likeness (QED) is 0.833. The van der Waals surface area contributed by atoms with Crippen LogP contribution in [0.15, 0.2) is 18.3 Å². The third-order valence-electron chi connectivity index (χ3n) is 1.94. The Labute approximate surface area is 92.1 Å². The van der Waals surface area contributed by atoms with Crippen LogP contribution in [0.25, 0.3) is 0 Å². The maximum atomic E-state index is 11.0. The van der Waals surface area contributed by atoms with Crippen molar-refractivity contribution in [2.45, 2.75) is 19.9 Å². The Kier molecular flexibility index (Phi) is 4.59. The molecule has 0 aromatic carbocycles. The first kappa shape index (κ1) is 11.2. The summed E-state index contributed by atoms with van der Waals surface area (Å²) in [5.74, 6) is -0.0160. The van der Waals surface area contributed by atoms with Crippen molar-refractivity contribution < 1.29 is 4.79 Å². The van der Waals surface area contributed by atoms with Gasteiger partial charge in [-0.15, -0.1) is 0 Å². The molecule has 76 valence electrons. The van der Waals surface area contributed by atoms with Gasteiger partial charge in [-0.2, -0.15) is 0 Å². The second-order valence-corrected chi connectivity index (χ2v) is 3.43. The molecule has 0 aliphatic rings. The van der Waals surface area contributed by atoms with Crippen LogP contribution < -0.4 is 5.32 Å². The number of aryl methyl sites for hydroxylation is 1. The number of carbonyl (C=O) groups excluding carboxylic acids is 1. The molecule has 0 spiro atoms. The number of carbonyl (C=O) groups is 1. The van der Waals surface area contributed by atoms with Gasteiger partial charge >= 0.3 is 0 Å². The first-order valence-electron chi connectivity index (χ1n) is 4.53. The van der Waals surface area contributed by atoms with Gasteiger partial charge in [0.05, 0.1) is 17.6 Å². The van der Waals surface area contributed by atoms with Crippen LogP contribution in [-0.2, 0) is 17.8 Å². The molecule has 0 bridgehead atoms. The molecule has 1 heterocycles. The Morgan fingerprint density at radius 2 is 2.43 bits per heavy atom. The summed E-state index contributed by atoms with van der Waals surface area (Å²) in [7, 11) is 0. The normalized spacial score (nSPS) is 9.86. The van der Waals surface area contributed by atoms with E-state index in [1.807, 2.05) is 12.1 Å². The summed E-state index contributed by atoms with van der Waals surface area (Å²) in [6, 6.07) is 3.94. The molecule has 3 nitrogen and oxygen atoms in total. The number of nitrogens with zero attached hydrogens (tertiary/aromatic N) is 1. The van der Waals surface area contributed by atoms with E-state index in [0.717, 1.165) is 12.1 Å². The van der Waals surface area contributed by atoms with Crippen LogP contribution in [0.3, 0.4) is 0 Å². The molecule has 1 N–H and O–H groups in total. The molecule has 0 unspecified atom stereocenters. The Morgan fingerprint density at radius 1 is 1.64 bits per heavy atom. The highest BCUT2D eigenvalue weighted by Gasteiger charge is 2.02. The molecular formula is C10H13BrN2O. The zero-order valence-corrected chi connectivity index (χ0v) is 9.67. The van der Waals surface area contributed by atoms with Crippen LogP contribution in [0.2, 0.25) is 0 Å². The van der Waals surface area contributed by atoms with Crippen molar-refractivity contribution in [2.75, 3.05) is 5.33 Å². The number of aromatic nitrogens is 1. The maximum Gasteiger partial charge on any atom is 0.230 e. The van der Waals surface area contributed by atoms with Crippen LogP contribution in [0.5, 0.6) is 0 Å². The van der Waals surface area contributed by atoms with Crippen molar-refractivity contribution in [3.05, 3.63) is 29.6 Å². The number of hydrogen-bond donors (Lipinski definition) is 1. The fourth-order valence-electron chi connectivity index (χ4n) is 1.18. The van der Waals surface area contributed by atoms with Gasteiger partial charge in [-0.3, -0.25) is 9.78 Å². The van der Waals surface area contributed by atoms with Gasteiger partial charge in [0.15, 0.2) is 0 Å². The van der Waals surface area contributed by atoms with Crippen LogP contribution in [-0.4, -0.2) is 16.2 Å². The fraction of sp³-hybridized carbons (Fsp3) is 0.400. The number of hydrogen-bond acceptors (Lipinski definition) is 2. The highest BCUT2D eigenvalue weighted by molar-refractivity contribution is 9.09. The molecular weight excluding hydrogens is 244 g/mol. The summed E-state index contributed by atoms with van der Waals surface area (Å²) < 4.78 is 0. The lowest BCUT2D eigenvalue weighted by Crippen LogP contribution is -2.24. The maximum absolute atomic E-state index is 11.0. The van der Waals surface area contributed by atoms with E-state index in [1.165, 1.54) is 5.56 Å². The van der Waals surface area contributed by atoms with Gasteiger partial charge in [-0.1, -0.05) is 28.9 Å². The van der Waals surface area contributed by atoms with E-state index in [0.29, 0.717) is 11.9 Å². The van der Waals surface area contributed by atoms with E-state index in [1.54, 1.807) is 6.20 Å². The van der Waals surface area contributed by atoms with Crippen LogP contribution in [0, 0.1) is 0 Å². The molecule has 0 fully saturated rings. The monoisotopic (exact) mass is 256 g/mol. The second-order valence-electron chi connectivity index (χ2n) is 2.87. The van der Waals surface area contributed by atoms with E-state index in [2.05, 4.69) is 33.2 Å². The number of pyridine rings is 1. The largest absolute Gasteiger partial charge is 0.350 e. The number of amides is 1. The molecule has 0 atom stereocenters. The first-order chi connectivity index (χ1) is 6.77. The summed E-state index contributed by atoms with van der Waals surface area (Å²) in [5, 5.41) is 3.11. The number of alkyl halides is 1. The standard InChI is InChI=1S/C10H13BrN2O/c1-2-8-4-3-5-12-9(8)7-13-10(14)6-11/h3-5H,2,6-7H2,1H3,(H,13,14). The topological polar surface area (TPSA) is 42.0 Å². The molecule has 0 radical (unpaired) electrons. The predicted octanol–water partition coefficient (Wildman–Crippen LogP) is 1.66. The molecule has 1 rings (SSSR count). The molecule has 1 aromatic rings. The average molecular weight is 257 g/mol. The molecule has 14 heavy (non-hydrogen) atoms. The Bertz CT molecular complexity index is 315. The first-order valence-corrected chi connectivity index (χ1v) is 5.65. The summed E-state index contributed by atoms with van der Waals surface area (Å²) in [4.78, 5) is 15.2. The third kappa shape index (κ3) is 3.10. The van der Waals surface area contributed by atoms with Crippen molar-refractivity contribution >= 4 is 21.8 Å². The number of nitrogens with one attached hydrogen (secondary N) is 1. The lowest BCUT2D eigenvalue weighted by molar-refractivity contribution is -0.118. The predicted molar refractivity (Wildman–Crippen MR) is 59.3 cm³/mol. The molecule has 1 amide bonds. The smallest absolute Gasteiger partial charge is 0.230 e. The van der Waals surface area contributed by atoms with Crippen LogP contribution >= 0.6 is 15.9 Å². The van der Waals surface area contributed by atoms with E-state index in [9.17, 15) is 4.79 Å². The minimum Gasteiger partial charge on any atom is -0.350 e. The zero-order valence-electron chi connectivity index (χ0n) is 8.09. The molecule has 0 saturated carbocycles. The Morgan fingerprint density at radius 3 is 3.07 bits per heavy atom. The van der Waals surface area contributed by atoms with Gasteiger partial charge in [0.2, 0.25) is 5.91 Å². The Hall–Kier alpha value is -0.900. The van der Waals surface area contributed by atoms with Gasteiger partial charge in [-0.05, 0) is 18.1 Å². The van der Waals surface area contributed by atoms with Crippen molar-refractivity contribution in [1.82, 2.24) is 10.3 Å². The van der Waals surface area contributed by atoms with Gasteiger partial charge < -0.3 is 5.32 Å². The lowest BCUT2D eigenvalue weighted by atomic mass is 10.1. The van der Waals surface area contributed by atoms with Gasteiger partial charge in [-0.25, -0.2) is 0 Å². The van der Waals surface area contributed by atoms with E-state index in [-0.39, 0.29) is 5.91 Å². The second kappa shape index (κ2) is 5.75. The summed E-state index contributed by atoms with van der Waals surface area (Å²) >= 11 is 3.09. The van der Waals surface area contributed by atoms with Crippen LogP contribution in [0.1, 0.15) is 18.2 Å². The SMILES string of the molecule is CCc1cccnc1CNC(=O)CBr. The molecule has 1 aromatic heterocycles. The van der Waals surface area contributed by atoms with E-state index >= 15 is 0 Å². The molecule has 0 saturated heterocycles. The van der Waals surface area contributed by atoms with Crippen molar-refractivity contribution in [3.63, 3.8) is 0 Å². The molecule has 0 aliphatic heterocycles. The van der Waals surface area contributed by atoms with Crippen molar-refractivity contribution in [2.24, 2.45) is 0 Å². The Balaban J connectivity index is 2.61. The minimum atomic E-state index is -0.0160. The number of halogens is 1. The van der Waals surface area contributed by atoms with E-state index in [4.69, 9.17) is 0 Å². The highest BCUT2D eigenvalue weighted by atomic mass is 79.9. The zero-order chi connectivity index (χ0) is 10.4.